The average Bonchev–Trinajstić information content (AvgIpc) is 3.20. The van der Waals surface area contributed by atoms with Crippen LogP contribution in [-0.4, -0.2) is 22.9 Å². The van der Waals surface area contributed by atoms with E-state index in [1.54, 1.807) is 24.3 Å². The van der Waals surface area contributed by atoms with Crippen molar-refractivity contribution in [3.05, 3.63) is 24.3 Å². The molecule has 2 amide bonds. The van der Waals surface area contributed by atoms with Gasteiger partial charge in [-0.2, -0.15) is 0 Å². The van der Waals surface area contributed by atoms with Gasteiger partial charge in [-0.25, -0.2) is 0 Å². The van der Waals surface area contributed by atoms with E-state index in [0.717, 1.165) is 12.8 Å². The Morgan fingerprint density at radius 1 is 0.909 bits per heavy atom. The highest BCUT2D eigenvalue weighted by Gasteiger charge is 2.41. The van der Waals surface area contributed by atoms with Crippen LogP contribution in [-0.2, 0) is 14.4 Å². The molecule has 22 heavy (non-hydrogen) atoms. The fourth-order valence-electron chi connectivity index (χ4n) is 2.61. The molecule has 2 unspecified atom stereocenters. The summed E-state index contributed by atoms with van der Waals surface area (Å²) in [4.78, 5) is 34.8. The van der Waals surface area contributed by atoms with E-state index in [1.807, 2.05) is 0 Å². The summed E-state index contributed by atoms with van der Waals surface area (Å²) in [6.45, 7) is 0. The fourth-order valence-corrected chi connectivity index (χ4v) is 2.61. The standard InChI is InChI=1S/C16H18N2O4/c19-14(9-4-5-9)17-10-2-1-3-11(8-10)18-15(20)12-6-7-13(12)16(21)22/h1-3,8-9,12-13H,4-7H2,(H,17,19)(H,18,20)(H,21,22). The lowest BCUT2D eigenvalue weighted by Gasteiger charge is -2.31. The van der Waals surface area contributed by atoms with Gasteiger partial charge in [-0.05, 0) is 43.9 Å². The second kappa shape index (κ2) is 5.79. The first kappa shape index (κ1) is 14.6. The summed E-state index contributed by atoms with van der Waals surface area (Å²) in [7, 11) is 0. The molecule has 6 heteroatoms. The molecule has 2 atom stereocenters. The number of carbonyl (C=O) groups is 3. The Labute approximate surface area is 127 Å². The summed E-state index contributed by atoms with van der Waals surface area (Å²) >= 11 is 0. The number of carboxylic acid groups (broad SMARTS) is 1. The molecule has 0 radical (unpaired) electrons. The molecule has 0 aliphatic heterocycles. The first-order chi connectivity index (χ1) is 10.5. The van der Waals surface area contributed by atoms with Crippen LogP contribution in [0.25, 0.3) is 0 Å². The van der Waals surface area contributed by atoms with Gasteiger partial charge in [0.2, 0.25) is 11.8 Å². The van der Waals surface area contributed by atoms with Gasteiger partial charge in [-0.3, -0.25) is 14.4 Å². The number of benzene rings is 1. The minimum absolute atomic E-state index is 0.00779. The van der Waals surface area contributed by atoms with Gasteiger partial charge in [0.25, 0.3) is 0 Å². The van der Waals surface area contributed by atoms with E-state index < -0.39 is 17.8 Å². The summed E-state index contributed by atoms with van der Waals surface area (Å²) in [5, 5.41) is 14.5. The maximum absolute atomic E-state index is 12.1. The third kappa shape index (κ3) is 3.10. The molecule has 0 spiro atoms. The monoisotopic (exact) mass is 302 g/mol. The minimum Gasteiger partial charge on any atom is -0.481 e. The van der Waals surface area contributed by atoms with Crippen molar-refractivity contribution >= 4 is 29.2 Å². The number of rotatable bonds is 5. The molecular weight excluding hydrogens is 284 g/mol. The zero-order valence-electron chi connectivity index (χ0n) is 12.0. The summed E-state index contributed by atoms with van der Waals surface area (Å²) < 4.78 is 0. The molecule has 0 heterocycles. The molecule has 116 valence electrons. The lowest BCUT2D eigenvalue weighted by atomic mass is 9.73. The van der Waals surface area contributed by atoms with Gasteiger partial charge in [-0.15, -0.1) is 0 Å². The molecular formula is C16H18N2O4. The van der Waals surface area contributed by atoms with E-state index >= 15 is 0 Å². The van der Waals surface area contributed by atoms with Crippen LogP contribution in [0.3, 0.4) is 0 Å². The first-order valence-corrected chi connectivity index (χ1v) is 7.49. The van der Waals surface area contributed by atoms with Crippen molar-refractivity contribution in [3.63, 3.8) is 0 Å². The van der Waals surface area contributed by atoms with Gasteiger partial charge in [0.05, 0.1) is 11.8 Å². The number of hydrogen-bond acceptors (Lipinski definition) is 3. The van der Waals surface area contributed by atoms with E-state index in [2.05, 4.69) is 10.6 Å². The zero-order valence-corrected chi connectivity index (χ0v) is 12.0. The third-order valence-electron chi connectivity index (χ3n) is 4.27. The van der Waals surface area contributed by atoms with Crippen LogP contribution >= 0.6 is 0 Å². The van der Waals surface area contributed by atoms with Crippen molar-refractivity contribution in [1.82, 2.24) is 0 Å². The molecule has 1 aromatic carbocycles. The lowest BCUT2D eigenvalue weighted by Crippen LogP contribution is -2.41. The van der Waals surface area contributed by atoms with Crippen molar-refractivity contribution in [1.29, 1.82) is 0 Å². The van der Waals surface area contributed by atoms with Crippen LogP contribution in [0.4, 0.5) is 11.4 Å². The molecule has 0 saturated heterocycles. The number of hydrogen-bond donors (Lipinski definition) is 3. The smallest absolute Gasteiger partial charge is 0.307 e. The zero-order chi connectivity index (χ0) is 15.7. The molecule has 3 N–H and O–H groups in total. The van der Waals surface area contributed by atoms with Crippen LogP contribution in [0.1, 0.15) is 25.7 Å². The Hall–Kier alpha value is -2.37. The predicted molar refractivity (Wildman–Crippen MR) is 80.3 cm³/mol. The third-order valence-corrected chi connectivity index (χ3v) is 4.27. The lowest BCUT2D eigenvalue weighted by molar-refractivity contribution is -0.151. The molecule has 3 rings (SSSR count). The van der Waals surface area contributed by atoms with Gasteiger partial charge in [-0.1, -0.05) is 6.07 Å². The Bertz CT molecular complexity index is 624. The Morgan fingerprint density at radius 2 is 1.50 bits per heavy atom. The number of nitrogens with one attached hydrogen (secondary N) is 2. The number of anilines is 2. The van der Waals surface area contributed by atoms with Crippen molar-refractivity contribution in [2.75, 3.05) is 10.6 Å². The van der Waals surface area contributed by atoms with Crippen LogP contribution in [0, 0.1) is 17.8 Å². The Balaban J connectivity index is 1.61. The minimum atomic E-state index is -0.920. The molecule has 2 fully saturated rings. The largest absolute Gasteiger partial charge is 0.481 e. The van der Waals surface area contributed by atoms with Crippen LogP contribution in [0.2, 0.25) is 0 Å². The van der Waals surface area contributed by atoms with Gasteiger partial charge < -0.3 is 15.7 Å². The van der Waals surface area contributed by atoms with Gasteiger partial charge in [0, 0.05) is 17.3 Å². The molecule has 2 aliphatic carbocycles. The average molecular weight is 302 g/mol. The SMILES string of the molecule is O=C(Nc1cccc(NC(=O)C2CCC2C(=O)O)c1)C1CC1. The molecule has 1 aromatic rings. The predicted octanol–water partition coefficient (Wildman–Crippen LogP) is 2.08. The van der Waals surface area contributed by atoms with Crippen LogP contribution < -0.4 is 10.6 Å². The fraction of sp³-hybridized carbons (Fsp3) is 0.438. The van der Waals surface area contributed by atoms with Crippen molar-refractivity contribution in [2.45, 2.75) is 25.7 Å². The number of amides is 2. The quantitative estimate of drug-likeness (QED) is 0.776. The highest BCUT2D eigenvalue weighted by atomic mass is 16.4. The molecule has 0 aromatic heterocycles. The second-order valence-electron chi connectivity index (χ2n) is 5.96. The summed E-state index contributed by atoms with van der Waals surface area (Å²) in [5.74, 6) is -2.13. The van der Waals surface area contributed by atoms with Crippen molar-refractivity contribution in [2.24, 2.45) is 17.8 Å². The van der Waals surface area contributed by atoms with E-state index in [0.29, 0.717) is 24.2 Å². The Kier molecular flexibility index (Phi) is 3.83. The van der Waals surface area contributed by atoms with E-state index in [1.165, 1.54) is 0 Å². The topological polar surface area (TPSA) is 95.5 Å². The van der Waals surface area contributed by atoms with Crippen molar-refractivity contribution < 1.29 is 19.5 Å². The summed E-state index contributed by atoms with van der Waals surface area (Å²) in [5.41, 5.74) is 1.20. The highest BCUT2D eigenvalue weighted by Crippen LogP contribution is 2.35. The van der Waals surface area contributed by atoms with Crippen molar-refractivity contribution in [3.8, 4) is 0 Å². The molecule has 2 saturated carbocycles. The maximum Gasteiger partial charge on any atom is 0.307 e. The first-order valence-electron chi connectivity index (χ1n) is 7.49. The van der Waals surface area contributed by atoms with E-state index in [4.69, 9.17) is 5.11 Å². The van der Waals surface area contributed by atoms with E-state index in [9.17, 15) is 14.4 Å². The van der Waals surface area contributed by atoms with Gasteiger partial charge >= 0.3 is 5.97 Å². The summed E-state index contributed by atoms with van der Waals surface area (Å²) in [6.07, 6.45) is 3.01. The normalized spacial score (nSPS) is 23.3. The molecule has 2 aliphatic rings. The van der Waals surface area contributed by atoms with E-state index in [-0.39, 0.29) is 17.7 Å². The maximum atomic E-state index is 12.1. The van der Waals surface area contributed by atoms with Crippen LogP contribution in [0.15, 0.2) is 24.3 Å². The molecule has 0 bridgehead atoms. The number of carbonyl (C=O) groups excluding carboxylic acids is 2. The number of aliphatic carboxylic acids is 1. The Morgan fingerprint density at radius 3 is 2.00 bits per heavy atom. The number of carboxylic acids is 1. The highest BCUT2D eigenvalue weighted by molar-refractivity contribution is 5.98. The summed E-state index contributed by atoms with van der Waals surface area (Å²) in [6, 6.07) is 6.92. The van der Waals surface area contributed by atoms with Gasteiger partial charge in [0.15, 0.2) is 0 Å². The van der Waals surface area contributed by atoms with Gasteiger partial charge in [0.1, 0.15) is 0 Å². The van der Waals surface area contributed by atoms with Crippen LogP contribution in [0.5, 0.6) is 0 Å². The second-order valence-corrected chi connectivity index (χ2v) is 5.96. The molecule has 6 nitrogen and oxygen atoms in total.